The number of amides is 2. The number of anilines is 1. The van der Waals surface area contributed by atoms with Crippen LogP contribution in [0.3, 0.4) is 0 Å². The number of hydrogen-bond acceptors (Lipinski definition) is 4. The molecule has 1 heterocycles. The monoisotopic (exact) mass is 313 g/mol. The van der Waals surface area contributed by atoms with Gasteiger partial charge < -0.3 is 10.2 Å². The zero-order valence-electron chi connectivity index (χ0n) is 11.3. The zero-order valence-corrected chi connectivity index (χ0v) is 12.8. The van der Waals surface area contributed by atoms with Crippen LogP contribution in [0.25, 0.3) is 0 Å². The quantitative estimate of drug-likeness (QED) is 0.890. The second-order valence-electron chi connectivity index (χ2n) is 4.65. The standard InChI is InChI=1S/C13H16ClN3O2S/c1-17(2)13(19)9-4-3-8(14)5-10(9)16-12(18)11-6-20-7-15-11/h3-5,11,15H,6-7H2,1-2H3,(H,16,18). The fraction of sp³-hybridized carbons (Fsp3) is 0.385. The third-order valence-electron chi connectivity index (χ3n) is 2.91. The highest BCUT2D eigenvalue weighted by Crippen LogP contribution is 2.23. The van der Waals surface area contributed by atoms with E-state index in [2.05, 4.69) is 10.6 Å². The van der Waals surface area contributed by atoms with Gasteiger partial charge in [0.15, 0.2) is 0 Å². The van der Waals surface area contributed by atoms with E-state index in [1.165, 1.54) is 4.90 Å². The lowest BCUT2D eigenvalue weighted by molar-refractivity contribution is -0.117. The van der Waals surface area contributed by atoms with Gasteiger partial charge >= 0.3 is 0 Å². The molecule has 2 amide bonds. The lowest BCUT2D eigenvalue weighted by Gasteiger charge is -2.16. The van der Waals surface area contributed by atoms with E-state index in [-0.39, 0.29) is 17.9 Å². The van der Waals surface area contributed by atoms with Crippen molar-refractivity contribution in [3.63, 3.8) is 0 Å². The van der Waals surface area contributed by atoms with Gasteiger partial charge in [0.05, 0.1) is 17.3 Å². The molecule has 1 aromatic carbocycles. The Morgan fingerprint density at radius 3 is 2.80 bits per heavy atom. The molecule has 1 saturated heterocycles. The summed E-state index contributed by atoms with van der Waals surface area (Å²) in [5.41, 5.74) is 0.873. The molecule has 5 nitrogen and oxygen atoms in total. The number of carbonyl (C=O) groups excluding carboxylic acids is 2. The molecule has 0 aromatic heterocycles. The Labute approximate surface area is 127 Å². The first kappa shape index (κ1) is 15.2. The molecule has 7 heteroatoms. The first-order chi connectivity index (χ1) is 9.49. The van der Waals surface area contributed by atoms with E-state index < -0.39 is 0 Å². The minimum absolute atomic E-state index is 0.148. The number of nitrogens with one attached hydrogen (secondary N) is 2. The maximum Gasteiger partial charge on any atom is 0.255 e. The summed E-state index contributed by atoms with van der Waals surface area (Å²) in [5, 5.41) is 6.34. The molecule has 1 atom stereocenters. The lowest BCUT2D eigenvalue weighted by atomic mass is 10.1. The normalized spacial score (nSPS) is 17.9. The van der Waals surface area contributed by atoms with Crippen LogP contribution in [0.5, 0.6) is 0 Å². The van der Waals surface area contributed by atoms with Crippen LogP contribution in [0.4, 0.5) is 5.69 Å². The van der Waals surface area contributed by atoms with Crippen LogP contribution >= 0.6 is 23.4 Å². The molecular formula is C13H16ClN3O2S. The Morgan fingerprint density at radius 1 is 1.45 bits per heavy atom. The van der Waals surface area contributed by atoms with Gasteiger partial charge in [0.1, 0.15) is 0 Å². The van der Waals surface area contributed by atoms with Crippen molar-refractivity contribution >= 4 is 40.9 Å². The molecule has 0 saturated carbocycles. The molecule has 0 radical (unpaired) electrons. The number of nitrogens with zero attached hydrogens (tertiary/aromatic N) is 1. The number of halogens is 1. The topological polar surface area (TPSA) is 61.4 Å². The van der Waals surface area contributed by atoms with Crippen LogP contribution in [0, 0.1) is 0 Å². The van der Waals surface area contributed by atoms with Gasteiger partial charge in [-0.05, 0) is 18.2 Å². The van der Waals surface area contributed by atoms with Crippen LogP contribution in [-0.4, -0.2) is 48.5 Å². The second kappa shape index (κ2) is 6.47. The third-order valence-corrected chi connectivity index (χ3v) is 4.08. The zero-order chi connectivity index (χ0) is 14.7. The van der Waals surface area contributed by atoms with E-state index in [9.17, 15) is 9.59 Å². The lowest BCUT2D eigenvalue weighted by Crippen LogP contribution is -2.38. The number of thioether (sulfide) groups is 1. The van der Waals surface area contributed by atoms with Crippen LogP contribution in [-0.2, 0) is 4.79 Å². The third kappa shape index (κ3) is 3.45. The maximum absolute atomic E-state index is 12.1. The van der Waals surface area contributed by atoms with Crippen LogP contribution in [0.2, 0.25) is 5.02 Å². The summed E-state index contributed by atoms with van der Waals surface area (Å²) >= 11 is 7.61. The second-order valence-corrected chi connectivity index (χ2v) is 6.12. The molecule has 1 aliphatic heterocycles. The van der Waals surface area contributed by atoms with E-state index >= 15 is 0 Å². The van der Waals surface area contributed by atoms with Gasteiger partial charge in [0.2, 0.25) is 5.91 Å². The highest BCUT2D eigenvalue weighted by atomic mass is 35.5. The summed E-state index contributed by atoms with van der Waals surface area (Å²) in [4.78, 5) is 25.7. The van der Waals surface area contributed by atoms with Crippen molar-refractivity contribution in [3.8, 4) is 0 Å². The first-order valence-electron chi connectivity index (χ1n) is 6.12. The Morgan fingerprint density at radius 2 is 2.20 bits per heavy atom. The molecule has 108 valence electrons. The summed E-state index contributed by atoms with van der Waals surface area (Å²) in [5.74, 6) is 1.16. The molecule has 1 aromatic rings. The van der Waals surface area contributed by atoms with Gasteiger partial charge in [0.25, 0.3) is 5.91 Å². The van der Waals surface area contributed by atoms with Crippen LogP contribution < -0.4 is 10.6 Å². The minimum Gasteiger partial charge on any atom is -0.345 e. The fourth-order valence-electron chi connectivity index (χ4n) is 1.83. The first-order valence-corrected chi connectivity index (χ1v) is 7.65. The van der Waals surface area contributed by atoms with Crippen molar-refractivity contribution in [3.05, 3.63) is 28.8 Å². The smallest absolute Gasteiger partial charge is 0.255 e. The van der Waals surface area contributed by atoms with E-state index in [0.29, 0.717) is 16.3 Å². The Balaban J connectivity index is 2.22. The molecule has 1 aliphatic rings. The molecule has 1 unspecified atom stereocenters. The largest absolute Gasteiger partial charge is 0.345 e. The van der Waals surface area contributed by atoms with E-state index in [4.69, 9.17) is 11.6 Å². The average molecular weight is 314 g/mol. The summed E-state index contributed by atoms with van der Waals surface area (Å²) in [6.07, 6.45) is 0. The highest BCUT2D eigenvalue weighted by molar-refractivity contribution is 7.99. The summed E-state index contributed by atoms with van der Waals surface area (Å²) < 4.78 is 0. The number of hydrogen-bond donors (Lipinski definition) is 2. The molecule has 20 heavy (non-hydrogen) atoms. The number of benzene rings is 1. The molecule has 1 fully saturated rings. The SMILES string of the molecule is CN(C)C(=O)c1ccc(Cl)cc1NC(=O)C1CSCN1. The number of rotatable bonds is 3. The Hall–Kier alpha value is -1.24. The highest BCUT2D eigenvalue weighted by Gasteiger charge is 2.24. The fourth-order valence-corrected chi connectivity index (χ4v) is 2.94. The van der Waals surface area contributed by atoms with Crippen LogP contribution in [0.1, 0.15) is 10.4 Å². The van der Waals surface area contributed by atoms with Crippen molar-refractivity contribution in [1.29, 1.82) is 0 Å². The maximum atomic E-state index is 12.1. The molecule has 0 aliphatic carbocycles. The van der Waals surface area contributed by atoms with Gasteiger partial charge in [-0.3, -0.25) is 14.9 Å². The summed E-state index contributed by atoms with van der Waals surface area (Å²) in [7, 11) is 3.33. The van der Waals surface area contributed by atoms with E-state index in [1.54, 1.807) is 44.1 Å². The predicted octanol–water partition coefficient (Wildman–Crippen LogP) is 1.64. The van der Waals surface area contributed by atoms with Crippen molar-refractivity contribution < 1.29 is 9.59 Å². The van der Waals surface area contributed by atoms with Crippen molar-refractivity contribution in [2.45, 2.75) is 6.04 Å². The van der Waals surface area contributed by atoms with Gasteiger partial charge in [-0.15, -0.1) is 11.8 Å². The van der Waals surface area contributed by atoms with Gasteiger partial charge in [-0.25, -0.2) is 0 Å². The molecule has 2 rings (SSSR count). The van der Waals surface area contributed by atoms with E-state index in [1.807, 2.05) is 0 Å². The molecular weight excluding hydrogens is 298 g/mol. The number of carbonyl (C=O) groups is 2. The van der Waals surface area contributed by atoms with Gasteiger partial charge in [-0.1, -0.05) is 11.6 Å². The van der Waals surface area contributed by atoms with Gasteiger partial charge in [-0.2, -0.15) is 0 Å². The molecule has 0 bridgehead atoms. The predicted molar refractivity (Wildman–Crippen MR) is 82.3 cm³/mol. The van der Waals surface area contributed by atoms with E-state index in [0.717, 1.165) is 11.6 Å². The Bertz CT molecular complexity index is 530. The van der Waals surface area contributed by atoms with Crippen LogP contribution in [0.15, 0.2) is 18.2 Å². The van der Waals surface area contributed by atoms with Gasteiger partial charge in [0, 0.05) is 30.7 Å². The molecule has 2 N–H and O–H groups in total. The molecule has 0 spiro atoms. The van der Waals surface area contributed by atoms with Crippen molar-refractivity contribution in [2.24, 2.45) is 0 Å². The van der Waals surface area contributed by atoms with Crippen molar-refractivity contribution in [2.75, 3.05) is 31.0 Å². The summed E-state index contributed by atoms with van der Waals surface area (Å²) in [6, 6.07) is 4.62. The Kier molecular flexibility index (Phi) is 4.91. The average Bonchev–Trinajstić information content (AvgIpc) is 2.92. The summed E-state index contributed by atoms with van der Waals surface area (Å²) in [6.45, 7) is 0. The van der Waals surface area contributed by atoms with Crippen molar-refractivity contribution in [1.82, 2.24) is 10.2 Å². The minimum atomic E-state index is -0.235.